The Hall–Kier alpha value is -2.38. The number of benzene rings is 2. The van der Waals surface area contributed by atoms with Gasteiger partial charge in [-0.1, -0.05) is 35.9 Å². The number of rotatable bonds is 4. The van der Waals surface area contributed by atoms with Crippen molar-refractivity contribution in [2.75, 3.05) is 0 Å². The van der Waals surface area contributed by atoms with Gasteiger partial charge in [0.05, 0.1) is 16.9 Å². The maximum atomic E-state index is 10.6. The Morgan fingerprint density at radius 1 is 1.15 bits per heavy atom. The minimum Gasteiger partial charge on any atom is -0.258 e. The Bertz CT molecular complexity index is 645. The quantitative estimate of drug-likeness (QED) is 0.628. The highest BCUT2D eigenvalue weighted by Gasteiger charge is 2.13. The van der Waals surface area contributed by atoms with Crippen molar-refractivity contribution in [3.8, 4) is 6.07 Å². The summed E-state index contributed by atoms with van der Waals surface area (Å²) < 4.78 is 0. The molecule has 0 radical (unpaired) electrons. The minimum absolute atomic E-state index is 0.0249. The number of halogens is 1. The molecule has 0 aromatic heterocycles. The molecular formula is C15H11ClN2O2. The smallest absolute Gasteiger partial charge is 0.258 e. The van der Waals surface area contributed by atoms with E-state index < -0.39 is 4.92 Å². The van der Waals surface area contributed by atoms with E-state index in [2.05, 4.69) is 6.07 Å². The summed E-state index contributed by atoms with van der Waals surface area (Å²) in [5, 5.41) is 20.5. The van der Waals surface area contributed by atoms with Gasteiger partial charge in [0.15, 0.2) is 0 Å². The van der Waals surface area contributed by atoms with E-state index in [0.29, 0.717) is 11.4 Å². The minimum atomic E-state index is -0.454. The molecule has 2 aromatic carbocycles. The number of nitriles is 1. The number of hydrogen-bond donors (Lipinski definition) is 0. The van der Waals surface area contributed by atoms with Crippen molar-refractivity contribution in [1.82, 2.24) is 0 Å². The fraction of sp³-hybridized carbons (Fsp3) is 0.133. The van der Waals surface area contributed by atoms with Gasteiger partial charge in [-0.15, -0.1) is 0 Å². The van der Waals surface area contributed by atoms with Crippen molar-refractivity contribution in [3.63, 3.8) is 0 Å². The molecule has 100 valence electrons. The predicted octanol–water partition coefficient (Wildman–Crippen LogP) is 4.10. The lowest BCUT2D eigenvalue weighted by atomic mass is 9.93. The summed E-state index contributed by atoms with van der Waals surface area (Å²) in [5.41, 5.74) is 1.80. The standard InChI is InChI=1S/C15H11ClN2O2/c16-14-5-1-11(2-6-14)9-13(10-17)12-3-7-15(8-4-12)18(19)20/h1-8,13H,9H2. The molecule has 2 aromatic rings. The molecule has 2 rings (SSSR count). The van der Waals surface area contributed by atoms with Crippen LogP contribution in [0.3, 0.4) is 0 Å². The SMILES string of the molecule is N#CC(Cc1ccc(Cl)cc1)c1ccc([N+](=O)[O-])cc1. The molecule has 0 aliphatic carbocycles. The van der Waals surface area contributed by atoms with Crippen LogP contribution in [0.25, 0.3) is 0 Å². The molecule has 0 saturated heterocycles. The van der Waals surface area contributed by atoms with E-state index in [9.17, 15) is 15.4 Å². The topological polar surface area (TPSA) is 66.9 Å². The zero-order valence-electron chi connectivity index (χ0n) is 10.5. The van der Waals surface area contributed by atoms with Gasteiger partial charge in [0, 0.05) is 17.2 Å². The van der Waals surface area contributed by atoms with Crippen molar-refractivity contribution in [3.05, 3.63) is 74.8 Å². The van der Waals surface area contributed by atoms with E-state index in [1.165, 1.54) is 12.1 Å². The lowest BCUT2D eigenvalue weighted by Gasteiger charge is -2.09. The molecule has 0 N–H and O–H groups in total. The van der Waals surface area contributed by atoms with Crippen LogP contribution in [-0.4, -0.2) is 4.92 Å². The van der Waals surface area contributed by atoms with Gasteiger partial charge in [-0.2, -0.15) is 5.26 Å². The van der Waals surface area contributed by atoms with Gasteiger partial charge < -0.3 is 0 Å². The summed E-state index contributed by atoms with van der Waals surface area (Å²) in [7, 11) is 0. The van der Waals surface area contributed by atoms with E-state index >= 15 is 0 Å². The van der Waals surface area contributed by atoms with Gasteiger partial charge in [-0.25, -0.2) is 0 Å². The van der Waals surface area contributed by atoms with Crippen LogP contribution >= 0.6 is 11.6 Å². The molecule has 20 heavy (non-hydrogen) atoms. The zero-order chi connectivity index (χ0) is 14.5. The number of nitrogens with zero attached hydrogens (tertiary/aromatic N) is 2. The molecule has 5 heteroatoms. The van der Waals surface area contributed by atoms with Gasteiger partial charge in [-0.3, -0.25) is 10.1 Å². The second kappa shape index (κ2) is 6.18. The Kier molecular flexibility index (Phi) is 4.34. The molecule has 0 fully saturated rings. The normalized spacial score (nSPS) is 11.6. The first-order valence-electron chi connectivity index (χ1n) is 5.98. The summed E-state index contributed by atoms with van der Waals surface area (Å²) in [6.07, 6.45) is 0.547. The van der Waals surface area contributed by atoms with Gasteiger partial charge in [0.1, 0.15) is 0 Å². The molecule has 1 unspecified atom stereocenters. The first-order chi connectivity index (χ1) is 9.60. The number of hydrogen-bond acceptors (Lipinski definition) is 3. The number of nitro benzene ring substituents is 1. The van der Waals surface area contributed by atoms with Crippen molar-refractivity contribution < 1.29 is 4.92 Å². The highest BCUT2D eigenvalue weighted by molar-refractivity contribution is 6.30. The van der Waals surface area contributed by atoms with Crippen LogP contribution in [0.15, 0.2) is 48.5 Å². The predicted molar refractivity (Wildman–Crippen MR) is 76.6 cm³/mol. The van der Waals surface area contributed by atoms with Crippen molar-refractivity contribution in [2.24, 2.45) is 0 Å². The molecule has 0 aliphatic rings. The third-order valence-corrected chi connectivity index (χ3v) is 3.27. The molecule has 0 aliphatic heterocycles. The average Bonchev–Trinajstić information content (AvgIpc) is 2.47. The van der Waals surface area contributed by atoms with Crippen LogP contribution in [0.5, 0.6) is 0 Å². The highest BCUT2D eigenvalue weighted by Crippen LogP contribution is 2.23. The van der Waals surface area contributed by atoms with E-state index in [1.807, 2.05) is 12.1 Å². The summed E-state index contributed by atoms with van der Waals surface area (Å²) in [4.78, 5) is 10.1. The molecule has 0 saturated carbocycles. The van der Waals surface area contributed by atoms with Gasteiger partial charge in [0.2, 0.25) is 0 Å². The van der Waals surface area contributed by atoms with E-state index in [1.54, 1.807) is 24.3 Å². The van der Waals surface area contributed by atoms with Crippen LogP contribution in [0.1, 0.15) is 17.0 Å². The zero-order valence-corrected chi connectivity index (χ0v) is 11.2. The summed E-state index contributed by atoms with van der Waals surface area (Å²) in [5.74, 6) is -0.336. The molecule has 0 bridgehead atoms. The van der Waals surface area contributed by atoms with Gasteiger partial charge in [0.25, 0.3) is 5.69 Å². The summed E-state index contributed by atoms with van der Waals surface area (Å²) in [6.45, 7) is 0. The van der Waals surface area contributed by atoms with E-state index in [0.717, 1.165) is 11.1 Å². The molecule has 1 atom stereocenters. The van der Waals surface area contributed by atoms with Gasteiger partial charge >= 0.3 is 0 Å². The lowest BCUT2D eigenvalue weighted by Crippen LogP contribution is -2.00. The fourth-order valence-electron chi connectivity index (χ4n) is 1.92. The molecule has 0 amide bonds. The van der Waals surface area contributed by atoms with Crippen LogP contribution in [0.4, 0.5) is 5.69 Å². The average molecular weight is 287 g/mol. The fourth-order valence-corrected chi connectivity index (χ4v) is 2.05. The van der Waals surface area contributed by atoms with Crippen LogP contribution in [0.2, 0.25) is 5.02 Å². The Labute approximate surface area is 121 Å². The molecule has 0 heterocycles. The van der Waals surface area contributed by atoms with Crippen molar-refractivity contribution in [2.45, 2.75) is 12.3 Å². The Balaban J connectivity index is 2.18. The Morgan fingerprint density at radius 2 is 1.75 bits per heavy atom. The number of nitro groups is 1. The molecule has 4 nitrogen and oxygen atoms in total. The maximum absolute atomic E-state index is 10.6. The summed E-state index contributed by atoms with van der Waals surface area (Å²) in [6, 6.07) is 15.6. The van der Waals surface area contributed by atoms with Gasteiger partial charge in [-0.05, 0) is 29.7 Å². The second-order valence-electron chi connectivity index (χ2n) is 4.36. The monoisotopic (exact) mass is 286 g/mol. The third-order valence-electron chi connectivity index (χ3n) is 3.02. The largest absolute Gasteiger partial charge is 0.269 e. The highest BCUT2D eigenvalue weighted by atomic mass is 35.5. The Morgan fingerprint density at radius 3 is 2.25 bits per heavy atom. The van der Waals surface area contributed by atoms with Crippen LogP contribution in [-0.2, 0) is 6.42 Å². The van der Waals surface area contributed by atoms with Crippen molar-refractivity contribution >= 4 is 17.3 Å². The van der Waals surface area contributed by atoms with E-state index in [-0.39, 0.29) is 11.6 Å². The first kappa shape index (κ1) is 14.0. The third kappa shape index (κ3) is 3.34. The van der Waals surface area contributed by atoms with E-state index in [4.69, 9.17) is 11.6 Å². The van der Waals surface area contributed by atoms with Crippen molar-refractivity contribution in [1.29, 1.82) is 5.26 Å². The number of non-ortho nitro benzene ring substituents is 1. The first-order valence-corrected chi connectivity index (χ1v) is 6.36. The van der Waals surface area contributed by atoms with Crippen LogP contribution in [0, 0.1) is 21.4 Å². The maximum Gasteiger partial charge on any atom is 0.269 e. The molecular weight excluding hydrogens is 276 g/mol. The second-order valence-corrected chi connectivity index (χ2v) is 4.80. The lowest BCUT2D eigenvalue weighted by molar-refractivity contribution is -0.384. The summed E-state index contributed by atoms with van der Waals surface area (Å²) >= 11 is 5.82. The molecule has 0 spiro atoms. The van der Waals surface area contributed by atoms with Crippen LogP contribution < -0.4 is 0 Å².